The molecule has 0 aliphatic carbocycles. The Bertz CT molecular complexity index is 1380. The fourth-order valence-electron chi connectivity index (χ4n) is 5.24. The molecule has 242 valence electrons. The molecule has 1 saturated heterocycles. The Morgan fingerprint density at radius 1 is 0.978 bits per heavy atom. The maximum atomic E-state index is 12.1. The number of phenols is 1. The van der Waals surface area contributed by atoms with Crippen LogP contribution in [0.5, 0.6) is 5.75 Å². The van der Waals surface area contributed by atoms with Crippen molar-refractivity contribution in [3.05, 3.63) is 101 Å². The summed E-state index contributed by atoms with van der Waals surface area (Å²) in [6, 6.07) is 21.4. The quantitative estimate of drug-likeness (QED) is 0.180. The van der Waals surface area contributed by atoms with Crippen molar-refractivity contribution in [2.75, 3.05) is 33.3 Å². The van der Waals surface area contributed by atoms with Crippen LogP contribution in [-0.4, -0.2) is 71.6 Å². The minimum absolute atomic E-state index is 0.0433. The second kappa shape index (κ2) is 16.4. The van der Waals surface area contributed by atoms with Crippen molar-refractivity contribution >= 4 is 12.0 Å². The molecule has 0 bridgehead atoms. The summed E-state index contributed by atoms with van der Waals surface area (Å²) in [4.78, 5) is 25.5. The number of carbonyl (C=O) groups is 2. The third kappa shape index (κ3) is 9.74. The number of aliphatic hydroxyl groups excluding tert-OH is 2. The molecule has 3 aromatic carbocycles. The summed E-state index contributed by atoms with van der Waals surface area (Å²) >= 11 is 0. The van der Waals surface area contributed by atoms with Crippen LogP contribution in [0.15, 0.2) is 72.8 Å². The van der Waals surface area contributed by atoms with E-state index in [4.69, 9.17) is 14.2 Å². The zero-order chi connectivity index (χ0) is 32.3. The molecule has 5 atom stereocenters. The third-order valence-electron chi connectivity index (χ3n) is 7.76. The lowest BCUT2D eigenvalue weighted by Gasteiger charge is -2.42. The number of hydrogen-bond acceptors (Lipinski definition) is 9. The van der Waals surface area contributed by atoms with Gasteiger partial charge in [0, 0.05) is 31.1 Å². The van der Waals surface area contributed by atoms with Gasteiger partial charge in [-0.3, -0.25) is 4.79 Å². The number of aromatic hydroxyl groups is 1. The molecule has 0 aromatic heterocycles. The molecule has 4 rings (SSSR count). The molecule has 1 aliphatic heterocycles. The largest absolute Gasteiger partial charge is 0.508 e. The number of aliphatic hydroxyl groups is 2. The van der Waals surface area contributed by atoms with Gasteiger partial charge in [-0.1, -0.05) is 67.6 Å². The molecule has 3 aromatic rings. The highest BCUT2D eigenvalue weighted by atomic mass is 16.7. The summed E-state index contributed by atoms with van der Waals surface area (Å²) in [5, 5.41) is 35.3. The molecule has 1 fully saturated rings. The van der Waals surface area contributed by atoms with E-state index in [1.54, 1.807) is 31.2 Å². The number of urea groups is 1. The number of nitrogens with zero attached hydrogens (tertiary/aromatic N) is 1. The van der Waals surface area contributed by atoms with E-state index in [1.807, 2.05) is 60.5 Å². The Kier molecular flexibility index (Phi) is 12.3. The van der Waals surface area contributed by atoms with Crippen LogP contribution in [0.2, 0.25) is 0 Å². The van der Waals surface area contributed by atoms with Gasteiger partial charge in [0.25, 0.3) is 0 Å². The van der Waals surface area contributed by atoms with Gasteiger partial charge < -0.3 is 45.1 Å². The van der Waals surface area contributed by atoms with Gasteiger partial charge in [-0.2, -0.15) is 0 Å². The number of hydrogen-bond donors (Lipinski definition) is 5. The number of rotatable bonds is 13. The molecule has 0 spiro atoms. The van der Waals surface area contributed by atoms with Crippen molar-refractivity contribution in [3.8, 4) is 5.75 Å². The number of likely N-dealkylation sites (N-methyl/N-ethyl adjacent to an activating group) is 1. The van der Waals surface area contributed by atoms with Gasteiger partial charge >= 0.3 is 12.0 Å². The molecule has 2 amide bonds. The van der Waals surface area contributed by atoms with Gasteiger partial charge in [-0.05, 0) is 48.4 Å². The lowest BCUT2D eigenvalue weighted by molar-refractivity contribution is -0.276. The van der Waals surface area contributed by atoms with E-state index >= 15 is 0 Å². The minimum atomic E-state index is -0.789. The summed E-state index contributed by atoms with van der Waals surface area (Å²) < 4.78 is 17.9. The highest BCUT2D eigenvalue weighted by molar-refractivity contribution is 5.80. The fourth-order valence-corrected chi connectivity index (χ4v) is 5.24. The van der Waals surface area contributed by atoms with E-state index in [1.165, 1.54) is 0 Å². The standard InChI is InChI=1S/C34H43N3O8/c1-4-43-31(41)18-36-34(42)35-17-23-8-14-26(15-9-23)33-44-30(20-37(3)19-29(40)27-6-5-7-28(39)16-27)22(2)32(45-33)25-12-10-24(21-38)11-13-25/h5-16,22,29-30,32-33,38-40H,4,17-21H2,1-3H3,(H2,35,36,42)/t22-,29-,30+,32+,33+/m1/s1. The third-order valence-corrected chi connectivity index (χ3v) is 7.76. The van der Waals surface area contributed by atoms with Crippen LogP contribution >= 0.6 is 0 Å². The Morgan fingerprint density at radius 2 is 1.67 bits per heavy atom. The molecular weight excluding hydrogens is 578 g/mol. The van der Waals surface area contributed by atoms with E-state index < -0.39 is 24.4 Å². The van der Waals surface area contributed by atoms with E-state index in [0.29, 0.717) is 18.7 Å². The maximum absolute atomic E-state index is 12.1. The van der Waals surface area contributed by atoms with Crippen LogP contribution < -0.4 is 10.6 Å². The predicted octanol–water partition coefficient (Wildman–Crippen LogP) is 3.70. The first-order valence-corrected chi connectivity index (χ1v) is 15.1. The van der Waals surface area contributed by atoms with Crippen LogP contribution in [0.25, 0.3) is 0 Å². The monoisotopic (exact) mass is 621 g/mol. The Balaban J connectivity index is 1.44. The van der Waals surface area contributed by atoms with Gasteiger partial charge in [-0.25, -0.2) is 4.79 Å². The van der Waals surface area contributed by atoms with Gasteiger partial charge in [-0.15, -0.1) is 0 Å². The van der Waals surface area contributed by atoms with Gasteiger partial charge in [0.15, 0.2) is 6.29 Å². The van der Waals surface area contributed by atoms with Crippen molar-refractivity contribution < 1.29 is 39.1 Å². The average Bonchev–Trinajstić information content (AvgIpc) is 3.04. The Morgan fingerprint density at radius 3 is 2.33 bits per heavy atom. The average molecular weight is 622 g/mol. The maximum Gasteiger partial charge on any atom is 0.325 e. The number of nitrogens with one attached hydrogen (secondary N) is 2. The van der Waals surface area contributed by atoms with E-state index in [2.05, 4.69) is 17.6 Å². The summed E-state index contributed by atoms with van der Waals surface area (Å²) in [6.45, 7) is 4.89. The SMILES string of the molecule is CCOC(=O)CNC(=O)NCc1ccc([C@H]2O[C@@H](CN(C)C[C@@H](O)c3cccc(O)c3)[C@@H](C)[C@@H](c3ccc(CO)cc3)O2)cc1. The summed E-state index contributed by atoms with van der Waals surface area (Å²) in [5.74, 6) is -0.440. The van der Waals surface area contributed by atoms with Crippen LogP contribution in [0.1, 0.15) is 60.2 Å². The Hall–Kier alpha value is -4.00. The number of carbonyl (C=O) groups excluding carboxylic acids is 2. The van der Waals surface area contributed by atoms with Crippen molar-refractivity contribution in [3.63, 3.8) is 0 Å². The lowest BCUT2D eigenvalue weighted by Crippen LogP contribution is -2.44. The highest BCUT2D eigenvalue weighted by Gasteiger charge is 2.39. The van der Waals surface area contributed by atoms with Gasteiger partial charge in [0.05, 0.1) is 31.5 Å². The van der Waals surface area contributed by atoms with E-state index in [-0.39, 0.29) is 50.2 Å². The van der Waals surface area contributed by atoms with Gasteiger partial charge in [0.1, 0.15) is 12.3 Å². The fraction of sp³-hybridized carbons (Fsp3) is 0.412. The van der Waals surface area contributed by atoms with Gasteiger partial charge in [0.2, 0.25) is 0 Å². The number of benzene rings is 3. The molecule has 11 heteroatoms. The zero-order valence-electron chi connectivity index (χ0n) is 25.9. The second-order valence-electron chi connectivity index (χ2n) is 11.2. The minimum Gasteiger partial charge on any atom is -0.508 e. The van der Waals surface area contributed by atoms with Crippen LogP contribution in [0.4, 0.5) is 4.79 Å². The van der Waals surface area contributed by atoms with Crippen LogP contribution in [0.3, 0.4) is 0 Å². The van der Waals surface area contributed by atoms with Crippen molar-refractivity contribution in [1.29, 1.82) is 0 Å². The van der Waals surface area contributed by atoms with Crippen molar-refractivity contribution in [2.45, 2.75) is 51.6 Å². The normalized spacial score (nSPS) is 20.4. The molecule has 0 unspecified atom stereocenters. The van der Waals surface area contributed by atoms with E-state index in [9.17, 15) is 24.9 Å². The predicted molar refractivity (Wildman–Crippen MR) is 167 cm³/mol. The summed E-state index contributed by atoms with van der Waals surface area (Å²) in [7, 11) is 1.92. The summed E-state index contributed by atoms with van der Waals surface area (Å²) in [5.41, 5.74) is 4.07. The van der Waals surface area contributed by atoms with Crippen LogP contribution in [0, 0.1) is 5.92 Å². The van der Waals surface area contributed by atoms with Crippen molar-refractivity contribution in [2.24, 2.45) is 5.92 Å². The number of amides is 2. The first-order valence-electron chi connectivity index (χ1n) is 15.1. The number of phenolic OH excluding ortho intramolecular Hbond substituents is 1. The number of ether oxygens (including phenoxy) is 3. The highest BCUT2D eigenvalue weighted by Crippen LogP contribution is 2.42. The smallest absolute Gasteiger partial charge is 0.325 e. The first-order chi connectivity index (χ1) is 21.7. The molecule has 11 nitrogen and oxygen atoms in total. The van der Waals surface area contributed by atoms with Crippen LogP contribution in [-0.2, 0) is 32.2 Å². The lowest BCUT2D eigenvalue weighted by atomic mass is 9.90. The molecule has 0 radical (unpaired) electrons. The second-order valence-corrected chi connectivity index (χ2v) is 11.2. The summed E-state index contributed by atoms with van der Waals surface area (Å²) in [6.07, 6.45) is -2.01. The first kappa shape index (κ1) is 33.9. The Labute approximate surface area is 263 Å². The zero-order valence-corrected chi connectivity index (χ0v) is 25.9. The van der Waals surface area contributed by atoms with Crippen molar-refractivity contribution in [1.82, 2.24) is 15.5 Å². The molecule has 45 heavy (non-hydrogen) atoms. The molecule has 1 aliphatic rings. The molecule has 1 heterocycles. The molecular formula is C34H43N3O8. The van der Waals surface area contributed by atoms with E-state index in [0.717, 1.165) is 22.3 Å². The molecule has 0 saturated carbocycles. The topological polar surface area (TPSA) is 150 Å². The molecule has 5 N–H and O–H groups in total. The number of esters is 1.